The molecular weight excluding hydrogens is 280 g/mol. The number of aromatic nitrogens is 2. The third-order valence-corrected chi connectivity index (χ3v) is 2.80. The maximum atomic E-state index is 12.4. The maximum Gasteiger partial charge on any atom is 0.362 e. The number of esters is 1. The van der Waals surface area contributed by atoms with Gasteiger partial charge in [0.15, 0.2) is 17.3 Å². The van der Waals surface area contributed by atoms with E-state index in [0.717, 1.165) is 0 Å². The van der Waals surface area contributed by atoms with Gasteiger partial charge in [-0.3, -0.25) is 4.79 Å². The zero-order valence-corrected chi connectivity index (χ0v) is 12.1. The van der Waals surface area contributed by atoms with Crippen LogP contribution < -0.4 is 5.63 Å². The summed E-state index contributed by atoms with van der Waals surface area (Å²) in [5.74, 6) is -1.02. The van der Waals surface area contributed by atoms with Crippen molar-refractivity contribution in [1.82, 2.24) is 9.72 Å². The smallest absolute Gasteiger partial charge is 0.362 e. The summed E-state index contributed by atoms with van der Waals surface area (Å²) >= 11 is 0. The molecular formula is C13H14N2O6. The Balaban J connectivity index is 2.56. The van der Waals surface area contributed by atoms with Crippen LogP contribution in [-0.4, -0.2) is 28.2 Å². The van der Waals surface area contributed by atoms with Crippen LogP contribution in [0.3, 0.4) is 0 Å². The molecule has 0 aliphatic heterocycles. The molecule has 2 aromatic rings. The molecule has 0 bridgehead atoms. The monoisotopic (exact) mass is 294 g/mol. The molecule has 0 aliphatic rings. The van der Waals surface area contributed by atoms with Crippen LogP contribution in [0.1, 0.15) is 45.1 Å². The van der Waals surface area contributed by atoms with Gasteiger partial charge >= 0.3 is 17.5 Å². The van der Waals surface area contributed by atoms with Crippen molar-refractivity contribution < 1.29 is 23.3 Å². The summed E-state index contributed by atoms with van der Waals surface area (Å²) in [4.78, 5) is 39.8. The first-order chi connectivity index (χ1) is 9.86. The molecule has 21 heavy (non-hydrogen) atoms. The van der Waals surface area contributed by atoms with Crippen molar-refractivity contribution in [3.05, 3.63) is 39.0 Å². The molecule has 8 heteroatoms. The van der Waals surface area contributed by atoms with Crippen LogP contribution in [0.25, 0.3) is 0 Å². The highest BCUT2D eigenvalue weighted by Crippen LogP contribution is 2.14. The molecule has 0 N–H and O–H groups in total. The van der Waals surface area contributed by atoms with Gasteiger partial charge < -0.3 is 13.7 Å². The van der Waals surface area contributed by atoms with Crippen molar-refractivity contribution in [3.8, 4) is 0 Å². The predicted octanol–water partition coefficient (Wildman–Crippen LogP) is 1.22. The number of carbonyl (C=O) groups excluding carboxylic acids is 2. The van der Waals surface area contributed by atoms with E-state index in [0.29, 0.717) is 10.6 Å². The molecule has 0 spiro atoms. The Bertz CT molecular complexity index is 764. The van der Waals surface area contributed by atoms with E-state index >= 15 is 0 Å². The van der Waals surface area contributed by atoms with Crippen molar-refractivity contribution in [2.24, 2.45) is 0 Å². The molecule has 2 heterocycles. The van der Waals surface area contributed by atoms with Crippen LogP contribution in [0, 0.1) is 20.8 Å². The zero-order chi connectivity index (χ0) is 15.7. The maximum absolute atomic E-state index is 12.4. The van der Waals surface area contributed by atoms with Crippen LogP contribution in [0.15, 0.2) is 13.7 Å². The summed E-state index contributed by atoms with van der Waals surface area (Å²) in [6.45, 7) is 6.22. The van der Waals surface area contributed by atoms with E-state index in [9.17, 15) is 14.4 Å². The lowest BCUT2D eigenvalue weighted by atomic mass is 10.2. The van der Waals surface area contributed by atoms with Crippen molar-refractivity contribution in [3.63, 3.8) is 0 Å². The quantitative estimate of drug-likeness (QED) is 0.783. The fourth-order valence-corrected chi connectivity index (χ4v) is 1.85. The molecule has 0 aromatic carbocycles. The van der Waals surface area contributed by atoms with Gasteiger partial charge in [0.1, 0.15) is 5.76 Å². The minimum absolute atomic E-state index is 0.000306. The lowest BCUT2D eigenvalue weighted by molar-refractivity contribution is 0.0487. The molecule has 8 nitrogen and oxygen atoms in total. The molecule has 0 fully saturated rings. The second-order valence-electron chi connectivity index (χ2n) is 4.31. The van der Waals surface area contributed by atoms with E-state index in [1.54, 1.807) is 20.8 Å². The zero-order valence-electron chi connectivity index (χ0n) is 12.1. The third kappa shape index (κ3) is 2.51. The average Bonchev–Trinajstić information content (AvgIpc) is 2.90. The number of hydrogen-bond donors (Lipinski definition) is 0. The Kier molecular flexibility index (Phi) is 3.79. The second-order valence-corrected chi connectivity index (χ2v) is 4.31. The summed E-state index contributed by atoms with van der Waals surface area (Å²) < 4.78 is 15.4. The van der Waals surface area contributed by atoms with Gasteiger partial charge in [0.2, 0.25) is 0 Å². The van der Waals surface area contributed by atoms with Crippen molar-refractivity contribution in [2.75, 3.05) is 6.61 Å². The number of oxazole rings is 1. The Morgan fingerprint density at radius 1 is 1.29 bits per heavy atom. The van der Waals surface area contributed by atoms with Crippen LogP contribution >= 0.6 is 0 Å². The Morgan fingerprint density at radius 3 is 2.48 bits per heavy atom. The fourth-order valence-electron chi connectivity index (χ4n) is 1.85. The van der Waals surface area contributed by atoms with Gasteiger partial charge in [-0.1, -0.05) is 0 Å². The number of nitrogens with zero attached hydrogens (tertiary/aromatic N) is 2. The van der Waals surface area contributed by atoms with Crippen molar-refractivity contribution in [1.29, 1.82) is 0 Å². The summed E-state index contributed by atoms with van der Waals surface area (Å²) in [6, 6.07) is 0. The topological polar surface area (TPSA) is 105 Å². The lowest BCUT2D eigenvalue weighted by Gasteiger charge is -2.04. The standard InChI is InChI=1S/C13H14N2O6/c1-5-19-13(18)10-6(2)12(17)21-15(10)11(16)9-7(3)20-8(4)14-9/h5H2,1-4H3. The van der Waals surface area contributed by atoms with Gasteiger partial charge in [-0.25, -0.2) is 14.6 Å². The first-order valence-corrected chi connectivity index (χ1v) is 6.25. The minimum atomic E-state index is -0.813. The van der Waals surface area contributed by atoms with Crippen LogP contribution in [0.4, 0.5) is 0 Å². The van der Waals surface area contributed by atoms with Gasteiger partial charge in [0, 0.05) is 6.92 Å². The van der Waals surface area contributed by atoms with Crippen LogP contribution in [-0.2, 0) is 4.74 Å². The van der Waals surface area contributed by atoms with Crippen molar-refractivity contribution in [2.45, 2.75) is 27.7 Å². The molecule has 0 radical (unpaired) electrons. The Morgan fingerprint density at radius 2 is 1.95 bits per heavy atom. The first-order valence-electron chi connectivity index (χ1n) is 6.25. The number of rotatable bonds is 3. The van der Waals surface area contributed by atoms with Crippen molar-refractivity contribution >= 4 is 11.9 Å². The van der Waals surface area contributed by atoms with E-state index in [4.69, 9.17) is 13.7 Å². The number of hydrogen-bond acceptors (Lipinski definition) is 7. The Hall–Kier alpha value is -2.64. The van der Waals surface area contributed by atoms with E-state index in [1.807, 2.05) is 0 Å². The van der Waals surface area contributed by atoms with E-state index in [1.165, 1.54) is 6.92 Å². The molecule has 0 amide bonds. The number of ether oxygens (including phenoxy) is 1. The first kappa shape index (κ1) is 14.8. The minimum Gasteiger partial charge on any atom is -0.461 e. The van der Waals surface area contributed by atoms with Gasteiger partial charge in [-0.2, -0.15) is 0 Å². The molecule has 2 rings (SSSR count). The van der Waals surface area contributed by atoms with Gasteiger partial charge in [0.05, 0.1) is 12.2 Å². The summed E-state index contributed by atoms with van der Waals surface area (Å²) in [5.41, 5.74) is -1.06. The van der Waals surface area contributed by atoms with E-state index < -0.39 is 17.5 Å². The number of aryl methyl sites for hydroxylation is 2. The summed E-state index contributed by atoms with van der Waals surface area (Å²) in [6.07, 6.45) is 0. The van der Waals surface area contributed by atoms with E-state index in [2.05, 4.69) is 4.98 Å². The average molecular weight is 294 g/mol. The SMILES string of the molecule is CCOC(=O)c1c(C)c(=O)on1C(=O)c1nc(C)oc1C. The highest BCUT2D eigenvalue weighted by Gasteiger charge is 2.29. The molecule has 0 saturated heterocycles. The third-order valence-electron chi connectivity index (χ3n) is 2.80. The van der Waals surface area contributed by atoms with Gasteiger partial charge in [-0.05, 0) is 20.8 Å². The normalized spacial score (nSPS) is 10.7. The number of carbonyl (C=O) groups is 2. The second kappa shape index (κ2) is 5.39. The fraction of sp³-hybridized carbons (Fsp3) is 0.385. The molecule has 0 saturated carbocycles. The highest BCUT2D eigenvalue weighted by atomic mass is 16.6. The molecule has 0 atom stereocenters. The highest BCUT2D eigenvalue weighted by molar-refractivity contribution is 6.00. The molecule has 112 valence electrons. The predicted molar refractivity (Wildman–Crippen MR) is 69.4 cm³/mol. The van der Waals surface area contributed by atoms with Crippen LogP contribution in [0.2, 0.25) is 0 Å². The van der Waals surface area contributed by atoms with Gasteiger partial charge in [0.25, 0.3) is 0 Å². The molecule has 0 aliphatic carbocycles. The van der Waals surface area contributed by atoms with Gasteiger partial charge in [-0.15, -0.1) is 4.74 Å². The Labute approximate surface area is 119 Å². The molecule has 2 aromatic heterocycles. The summed E-state index contributed by atoms with van der Waals surface area (Å²) in [5, 5.41) is 0. The largest absolute Gasteiger partial charge is 0.461 e. The molecule has 0 unspecified atom stereocenters. The van der Waals surface area contributed by atoms with E-state index in [-0.39, 0.29) is 29.3 Å². The lowest BCUT2D eigenvalue weighted by Crippen LogP contribution is -2.20. The summed E-state index contributed by atoms with van der Waals surface area (Å²) in [7, 11) is 0. The van der Waals surface area contributed by atoms with Crippen LogP contribution in [0.5, 0.6) is 0 Å².